The van der Waals surface area contributed by atoms with E-state index in [2.05, 4.69) is 4.98 Å². The van der Waals surface area contributed by atoms with E-state index in [0.717, 1.165) is 12.1 Å². The van der Waals surface area contributed by atoms with Crippen molar-refractivity contribution in [3.63, 3.8) is 0 Å². The fraction of sp³-hybridized carbons (Fsp3) is 0.0909. The third kappa shape index (κ3) is 2.00. The van der Waals surface area contributed by atoms with Crippen LogP contribution in [-0.4, -0.2) is 9.55 Å². The molecule has 0 bridgehead atoms. The fourth-order valence-corrected chi connectivity index (χ4v) is 1.75. The predicted octanol–water partition coefficient (Wildman–Crippen LogP) is 2.32. The van der Waals surface area contributed by atoms with Crippen molar-refractivity contribution in [2.45, 2.75) is 6.54 Å². The summed E-state index contributed by atoms with van der Waals surface area (Å²) in [6, 6.07) is 5.26. The van der Waals surface area contributed by atoms with Crippen LogP contribution >= 0.6 is 11.6 Å². The van der Waals surface area contributed by atoms with Gasteiger partial charge in [-0.1, -0.05) is 6.07 Å². The minimum Gasteiger partial charge on any atom is -0.383 e. The van der Waals surface area contributed by atoms with Gasteiger partial charge < -0.3 is 5.73 Å². The Hall–Kier alpha value is -2.13. The van der Waals surface area contributed by atoms with Crippen molar-refractivity contribution < 1.29 is 8.78 Å². The van der Waals surface area contributed by atoms with Gasteiger partial charge in [0, 0.05) is 5.56 Å². The van der Waals surface area contributed by atoms with E-state index in [9.17, 15) is 8.78 Å². The molecule has 2 rings (SSSR count). The summed E-state index contributed by atoms with van der Waals surface area (Å²) in [4.78, 5) is 3.68. The first kappa shape index (κ1) is 12.3. The van der Waals surface area contributed by atoms with E-state index in [1.54, 1.807) is 6.07 Å². The van der Waals surface area contributed by atoms with Gasteiger partial charge in [-0.15, -0.1) is 0 Å². The highest BCUT2D eigenvalue weighted by molar-refractivity contribution is 6.28. The van der Waals surface area contributed by atoms with Crippen LogP contribution in [0.25, 0.3) is 0 Å². The molecule has 0 aliphatic heterocycles. The van der Waals surface area contributed by atoms with Crippen LogP contribution < -0.4 is 5.73 Å². The summed E-state index contributed by atoms with van der Waals surface area (Å²) >= 11 is 5.76. The summed E-state index contributed by atoms with van der Waals surface area (Å²) in [5, 5.41) is 8.63. The molecule has 4 nitrogen and oxygen atoms in total. The number of hydrogen-bond acceptors (Lipinski definition) is 3. The van der Waals surface area contributed by atoms with Crippen molar-refractivity contribution in [1.29, 1.82) is 5.26 Å². The van der Waals surface area contributed by atoms with Crippen LogP contribution in [0, 0.1) is 23.0 Å². The molecule has 2 N–H and O–H groups in total. The van der Waals surface area contributed by atoms with Crippen LogP contribution in [-0.2, 0) is 6.54 Å². The number of benzene rings is 1. The molecule has 0 aliphatic carbocycles. The molecule has 0 amide bonds. The molecule has 0 unspecified atom stereocenters. The second-order valence-electron chi connectivity index (χ2n) is 3.51. The van der Waals surface area contributed by atoms with Gasteiger partial charge in [-0.2, -0.15) is 5.26 Å². The van der Waals surface area contributed by atoms with Gasteiger partial charge in [-0.3, -0.25) is 4.57 Å². The molecule has 0 aliphatic rings. The van der Waals surface area contributed by atoms with Gasteiger partial charge in [0.05, 0.1) is 6.54 Å². The largest absolute Gasteiger partial charge is 0.383 e. The first-order valence-corrected chi connectivity index (χ1v) is 5.27. The van der Waals surface area contributed by atoms with Crippen LogP contribution in [0.5, 0.6) is 0 Å². The second kappa shape index (κ2) is 4.63. The number of hydrogen-bond donors (Lipinski definition) is 1. The summed E-state index contributed by atoms with van der Waals surface area (Å²) in [5.41, 5.74) is 5.35. The molecule has 92 valence electrons. The number of nitrogen functional groups attached to an aromatic ring is 1. The highest BCUT2D eigenvalue weighted by Crippen LogP contribution is 2.22. The first-order valence-electron chi connectivity index (χ1n) is 4.89. The van der Waals surface area contributed by atoms with Crippen molar-refractivity contribution >= 4 is 17.4 Å². The monoisotopic (exact) mass is 268 g/mol. The third-order valence-electron chi connectivity index (χ3n) is 2.44. The fourth-order valence-electron chi connectivity index (χ4n) is 1.51. The summed E-state index contributed by atoms with van der Waals surface area (Å²) in [7, 11) is 0. The molecular weight excluding hydrogens is 262 g/mol. The number of halogens is 3. The van der Waals surface area contributed by atoms with Crippen molar-refractivity contribution in [2.24, 2.45) is 0 Å². The molecule has 0 radical (unpaired) electrons. The molecule has 0 spiro atoms. The van der Waals surface area contributed by atoms with Crippen LogP contribution in [0.15, 0.2) is 18.2 Å². The zero-order valence-corrected chi connectivity index (χ0v) is 9.75. The van der Waals surface area contributed by atoms with E-state index in [4.69, 9.17) is 22.6 Å². The number of nitriles is 1. The number of nitrogens with zero attached hydrogens (tertiary/aromatic N) is 3. The SMILES string of the molecule is N#Cc1nc(Cl)n(Cc2c(F)cccc2F)c1N. The third-order valence-corrected chi connectivity index (χ3v) is 2.73. The van der Waals surface area contributed by atoms with Gasteiger partial charge in [-0.05, 0) is 23.7 Å². The maximum Gasteiger partial charge on any atom is 0.205 e. The Kier molecular flexibility index (Phi) is 3.17. The lowest BCUT2D eigenvalue weighted by Crippen LogP contribution is -2.08. The van der Waals surface area contributed by atoms with Gasteiger partial charge in [0.15, 0.2) is 5.69 Å². The van der Waals surface area contributed by atoms with E-state index in [1.165, 1.54) is 10.6 Å². The van der Waals surface area contributed by atoms with Crippen LogP contribution in [0.3, 0.4) is 0 Å². The number of aromatic nitrogens is 2. The van der Waals surface area contributed by atoms with E-state index < -0.39 is 11.6 Å². The van der Waals surface area contributed by atoms with Gasteiger partial charge in [0.2, 0.25) is 5.28 Å². The normalized spacial score (nSPS) is 10.3. The Balaban J connectivity index is 2.47. The van der Waals surface area contributed by atoms with Gasteiger partial charge in [0.1, 0.15) is 23.5 Å². The lowest BCUT2D eigenvalue weighted by atomic mass is 10.2. The molecule has 1 aromatic carbocycles. The lowest BCUT2D eigenvalue weighted by Gasteiger charge is -2.08. The number of rotatable bonds is 2. The van der Waals surface area contributed by atoms with E-state index in [-0.39, 0.29) is 28.9 Å². The Labute approximate surface area is 106 Å². The maximum absolute atomic E-state index is 13.5. The molecule has 1 heterocycles. The van der Waals surface area contributed by atoms with Crippen molar-refractivity contribution in [2.75, 3.05) is 5.73 Å². The van der Waals surface area contributed by atoms with E-state index >= 15 is 0 Å². The lowest BCUT2D eigenvalue weighted by molar-refractivity contribution is 0.545. The van der Waals surface area contributed by atoms with Crippen LogP contribution in [0.4, 0.5) is 14.6 Å². The summed E-state index contributed by atoms with van der Waals surface area (Å²) in [5.74, 6) is -1.44. The topological polar surface area (TPSA) is 67.6 Å². The van der Waals surface area contributed by atoms with Crippen LogP contribution in [0.1, 0.15) is 11.3 Å². The zero-order valence-electron chi connectivity index (χ0n) is 8.99. The number of anilines is 1. The molecule has 0 fully saturated rings. The number of nitrogens with two attached hydrogens (primary N) is 1. The van der Waals surface area contributed by atoms with E-state index in [0.29, 0.717) is 0 Å². The maximum atomic E-state index is 13.5. The molecule has 2 aromatic rings. The molecule has 18 heavy (non-hydrogen) atoms. The smallest absolute Gasteiger partial charge is 0.205 e. The Morgan fingerprint density at radius 1 is 1.39 bits per heavy atom. The van der Waals surface area contributed by atoms with Crippen LogP contribution in [0.2, 0.25) is 5.28 Å². The highest BCUT2D eigenvalue weighted by Gasteiger charge is 2.16. The van der Waals surface area contributed by atoms with E-state index in [1.807, 2.05) is 0 Å². The Morgan fingerprint density at radius 3 is 2.50 bits per heavy atom. The van der Waals surface area contributed by atoms with Crippen molar-refractivity contribution in [3.8, 4) is 6.07 Å². The predicted molar refractivity (Wildman–Crippen MR) is 61.8 cm³/mol. The van der Waals surface area contributed by atoms with Crippen molar-refractivity contribution in [3.05, 3.63) is 46.4 Å². The average molecular weight is 269 g/mol. The zero-order chi connectivity index (χ0) is 13.3. The molecule has 7 heteroatoms. The van der Waals surface area contributed by atoms with Gasteiger partial charge in [0.25, 0.3) is 0 Å². The molecule has 0 saturated heterocycles. The summed E-state index contributed by atoms with van der Waals surface area (Å²) in [6.07, 6.45) is 0. The summed E-state index contributed by atoms with van der Waals surface area (Å²) in [6.45, 7) is -0.224. The first-order chi connectivity index (χ1) is 8.54. The minimum absolute atomic E-state index is 0.0230. The highest BCUT2D eigenvalue weighted by atomic mass is 35.5. The van der Waals surface area contributed by atoms with Gasteiger partial charge in [-0.25, -0.2) is 13.8 Å². The molecule has 0 saturated carbocycles. The quantitative estimate of drug-likeness (QED) is 0.909. The van der Waals surface area contributed by atoms with Gasteiger partial charge >= 0.3 is 0 Å². The molecule has 1 aromatic heterocycles. The summed E-state index contributed by atoms with van der Waals surface area (Å²) < 4.78 is 28.1. The Morgan fingerprint density at radius 2 is 2.00 bits per heavy atom. The average Bonchev–Trinajstić information content (AvgIpc) is 2.60. The molecule has 0 atom stereocenters. The Bertz CT molecular complexity index is 625. The van der Waals surface area contributed by atoms with Crippen molar-refractivity contribution in [1.82, 2.24) is 9.55 Å². The minimum atomic E-state index is -0.710. The second-order valence-corrected chi connectivity index (χ2v) is 3.85. The molecular formula is C11H7ClF2N4. The number of imidazole rings is 1. The standard InChI is InChI=1S/C11H7ClF2N4/c12-11-17-9(4-15)10(16)18(11)5-6-7(13)2-1-3-8(6)14/h1-3H,5,16H2.